The first-order chi connectivity index (χ1) is 13.0. The van der Waals surface area contributed by atoms with E-state index in [1.807, 2.05) is 0 Å². The van der Waals surface area contributed by atoms with Gasteiger partial charge < -0.3 is 15.2 Å². The molecule has 142 valence electrons. The van der Waals surface area contributed by atoms with E-state index in [0.29, 0.717) is 29.1 Å². The maximum absolute atomic E-state index is 13.5. The molecular weight excluding hydrogens is 364 g/mol. The standard InChI is InChI=1S/C20H22N2O4S/c1-25-14-11-18-20(19(12-14)26-2)16-5-3-4-6-17(16)22(18)27(23,24)15-9-7-13(21)8-10-15/h7-12H,3-6,21H2,1-2H3. The average Bonchev–Trinajstić information content (AvgIpc) is 3.02. The molecule has 0 spiro atoms. The fourth-order valence-corrected chi connectivity index (χ4v) is 5.45. The third-order valence-corrected chi connectivity index (χ3v) is 6.90. The van der Waals surface area contributed by atoms with E-state index in [0.717, 1.165) is 35.9 Å². The Labute approximate surface area is 158 Å². The number of aromatic nitrogens is 1. The second kappa shape index (κ2) is 6.49. The number of ether oxygens (including phenoxy) is 2. The largest absolute Gasteiger partial charge is 0.497 e. The highest BCUT2D eigenvalue weighted by atomic mass is 32.2. The van der Waals surface area contributed by atoms with Crippen LogP contribution < -0.4 is 15.2 Å². The van der Waals surface area contributed by atoms with Gasteiger partial charge in [0, 0.05) is 28.9 Å². The minimum Gasteiger partial charge on any atom is -0.497 e. The summed E-state index contributed by atoms with van der Waals surface area (Å²) in [5.74, 6) is 1.19. The lowest BCUT2D eigenvalue weighted by molar-refractivity contribution is 0.398. The van der Waals surface area contributed by atoms with Crippen molar-refractivity contribution in [3.05, 3.63) is 47.7 Å². The summed E-state index contributed by atoms with van der Waals surface area (Å²) in [7, 11) is -0.630. The molecule has 27 heavy (non-hydrogen) atoms. The van der Waals surface area contributed by atoms with Crippen LogP contribution in [-0.2, 0) is 22.9 Å². The van der Waals surface area contributed by atoms with Gasteiger partial charge in [-0.25, -0.2) is 12.4 Å². The van der Waals surface area contributed by atoms with E-state index in [1.165, 1.54) is 3.97 Å². The molecule has 2 aromatic carbocycles. The molecule has 0 saturated heterocycles. The number of nitrogens with two attached hydrogens (primary N) is 1. The van der Waals surface area contributed by atoms with Gasteiger partial charge in [0.2, 0.25) is 0 Å². The van der Waals surface area contributed by atoms with Crippen molar-refractivity contribution < 1.29 is 17.9 Å². The summed E-state index contributed by atoms with van der Waals surface area (Å²) in [6.45, 7) is 0. The summed E-state index contributed by atoms with van der Waals surface area (Å²) in [5, 5.41) is 0.854. The maximum Gasteiger partial charge on any atom is 0.268 e. The Bertz CT molecular complexity index is 1120. The Morgan fingerprint density at radius 3 is 2.37 bits per heavy atom. The summed E-state index contributed by atoms with van der Waals surface area (Å²) in [4.78, 5) is 0.212. The monoisotopic (exact) mass is 386 g/mol. The lowest BCUT2D eigenvalue weighted by Crippen LogP contribution is -2.17. The Morgan fingerprint density at radius 2 is 1.70 bits per heavy atom. The van der Waals surface area contributed by atoms with E-state index >= 15 is 0 Å². The molecule has 0 amide bonds. The van der Waals surface area contributed by atoms with Gasteiger partial charge >= 0.3 is 0 Å². The van der Waals surface area contributed by atoms with Crippen LogP contribution in [0.25, 0.3) is 10.9 Å². The number of methoxy groups -OCH3 is 2. The highest BCUT2D eigenvalue weighted by molar-refractivity contribution is 7.90. The predicted molar refractivity (Wildman–Crippen MR) is 105 cm³/mol. The first kappa shape index (κ1) is 17.7. The van der Waals surface area contributed by atoms with Crippen LogP contribution in [0.5, 0.6) is 11.5 Å². The van der Waals surface area contributed by atoms with E-state index in [2.05, 4.69) is 0 Å². The first-order valence-electron chi connectivity index (χ1n) is 8.86. The van der Waals surface area contributed by atoms with E-state index in [4.69, 9.17) is 15.2 Å². The van der Waals surface area contributed by atoms with Gasteiger partial charge in [-0.2, -0.15) is 0 Å². The van der Waals surface area contributed by atoms with E-state index in [1.54, 1.807) is 50.6 Å². The normalized spacial score (nSPS) is 14.1. The Balaban J connectivity index is 2.09. The molecule has 0 bridgehead atoms. The minimum atomic E-state index is -3.78. The molecule has 1 aliphatic rings. The van der Waals surface area contributed by atoms with E-state index in [9.17, 15) is 8.42 Å². The van der Waals surface area contributed by atoms with Crippen LogP contribution in [0.3, 0.4) is 0 Å². The zero-order chi connectivity index (χ0) is 19.2. The van der Waals surface area contributed by atoms with Crippen LogP contribution in [0.4, 0.5) is 5.69 Å². The van der Waals surface area contributed by atoms with Gasteiger partial charge in [0.15, 0.2) is 0 Å². The minimum absolute atomic E-state index is 0.212. The van der Waals surface area contributed by atoms with E-state index < -0.39 is 10.0 Å². The lowest BCUT2D eigenvalue weighted by atomic mass is 9.95. The predicted octanol–water partition coefficient (Wildman–Crippen LogP) is 3.36. The van der Waals surface area contributed by atoms with Gasteiger partial charge in [0.25, 0.3) is 10.0 Å². The van der Waals surface area contributed by atoms with Crippen LogP contribution in [-0.4, -0.2) is 26.6 Å². The van der Waals surface area contributed by atoms with Gasteiger partial charge in [-0.3, -0.25) is 0 Å². The number of aryl methyl sites for hydroxylation is 1. The second-order valence-electron chi connectivity index (χ2n) is 6.69. The van der Waals surface area contributed by atoms with Crippen molar-refractivity contribution in [2.75, 3.05) is 20.0 Å². The van der Waals surface area contributed by atoms with Crippen LogP contribution in [0.15, 0.2) is 41.3 Å². The summed E-state index contributed by atoms with van der Waals surface area (Å²) in [6, 6.07) is 9.87. The molecule has 4 rings (SSSR count). The third-order valence-electron chi connectivity index (χ3n) is 5.13. The average molecular weight is 386 g/mol. The number of anilines is 1. The van der Waals surface area contributed by atoms with E-state index in [-0.39, 0.29) is 4.90 Å². The van der Waals surface area contributed by atoms with Gasteiger partial charge in [0.1, 0.15) is 11.5 Å². The molecule has 1 aliphatic carbocycles. The summed E-state index contributed by atoms with van der Waals surface area (Å²) in [5.41, 5.74) is 8.73. The quantitative estimate of drug-likeness (QED) is 0.695. The first-order valence-corrected chi connectivity index (χ1v) is 10.3. The smallest absolute Gasteiger partial charge is 0.268 e. The molecule has 7 heteroatoms. The Kier molecular flexibility index (Phi) is 4.26. The van der Waals surface area contributed by atoms with Crippen molar-refractivity contribution in [1.82, 2.24) is 3.97 Å². The van der Waals surface area contributed by atoms with Crippen molar-refractivity contribution in [3.63, 3.8) is 0 Å². The molecule has 0 atom stereocenters. The van der Waals surface area contributed by atoms with Gasteiger partial charge in [-0.05, 0) is 55.5 Å². The molecule has 0 unspecified atom stereocenters. The lowest BCUT2D eigenvalue weighted by Gasteiger charge is -2.16. The van der Waals surface area contributed by atoms with Crippen LogP contribution in [0.1, 0.15) is 24.1 Å². The molecule has 2 N–H and O–H groups in total. The molecule has 0 saturated carbocycles. The Hall–Kier alpha value is -2.67. The highest BCUT2D eigenvalue weighted by Crippen LogP contribution is 2.41. The fraction of sp³-hybridized carbons (Fsp3) is 0.300. The van der Waals surface area contributed by atoms with Gasteiger partial charge in [-0.1, -0.05) is 0 Å². The number of rotatable bonds is 4. The second-order valence-corrected chi connectivity index (χ2v) is 8.48. The summed E-state index contributed by atoms with van der Waals surface area (Å²) in [6.07, 6.45) is 3.53. The number of fused-ring (bicyclic) bond motifs is 3. The summed E-state index contributed by atoms with van der Waals surface area (Å²) >= 11 is 0. The molecule has 1 aromatic heterocycles. The molecule has 0 fully saturated rings. The zero-order valence-corrected chi connectivity index (χ0v) is 16.2. The number of hydrogen-bond donors (Lipinski definition) is 1. The van der Waals surface area contributed by atoms with Crippen molar-refractivity contribution in [2.24, 2.45) is 0 Å². The number of nitrogen functional groups attached to an aromatic ring is 1. The van der Waals surface area contributed by atoms with Gasteiger partial charge in [-0.15, -0.1) is 0 Å². The third kappa shape index (κ3) is 2.73. The molecule has 1 heterocycles. The SMILES string of the molecule is COc1cc(OC)c2c3c(n(S(=O)(=O)c4ccc(N)cc4)c2c1)CCCC3. The van der Waals surface area contributed by atoms with Crippen LogP contribution in [0.2, 0.25) is 0 Å². The number of benzene rings is 2. The molecule has 0 aliphatic heterocycles. The van der Waals surface area contributed by atoms with Crippen molar-refractivity contribution in [1.29, 1.82) is 0 Å². The molecule has 6 nitrogen and oxygen atoms in total. The molecular formula is C20H22N2O4S. The van der Waals surface area contributed by atoms with Crippen molar-refractivity contribution in [3.8, 4) is 11.5 Å². The van der Waals surface area contributed by atoms with Crippen molar-refractivity contribution in [2.45, 2.75) is 30.6 Å². The molecule has 3 aromatic rings. The summed E-state index contributed by atoms with van der Waals surface area (Å²) < 4.78 is 39.5. The number of nitrogens with zero attached hydrogens (tertiary/aromatic N) is 1. The maximum atomic E-state index is 13.5. The van der Waals surface area contributed by atoms with Gasteiger partial charge in [0.05, 0.1) is 24.6 Å². The Morgan fingerprint density at radius 1 is 1.00 bits per heavy atom. The van der Waals surface area contributed by atoms with Crippen molar-refractivity contribution >= 4 is 26.6 Å². The topological polar surface area (TPSA) is 83.5 Å². The zero-order valence-electron chi connectivity index (χ0n) is 15.4. The highest BCUT2D eigenvalue weighted by Gasteiger charge is 2.30. The fourth-order valence-electron chi connectivity index (χ4n) is 3.87. The van der Waals surface area contributed by atoms with Crippen LogP contribution >= 0.6 is 0 Å². The van der Waals surface area contributed by atoms with Crippen LogP contribution in [0, 0.1) is 0 Å². The number of hydrogen-bond acceptors (Lipinski definition) is 5. The molecule has 0 radical (unpaired) electrons.